The van der Waals surface area contributed by atoms with Gasteiger partial charge in [-0.1, -0.05) is 36.4 Å². The van der Waals surface area contributed by atoms with Crippen LogP contribution in [0.2, 0.25) is 0 Å². The molecule has 0 spiro atoms. The van der Waals surface area contributed by atoms with Crippen molar-refractivity contribution in [2.75, 3.05) is 19.6 Å². The second-order valence-corrected chi connectivity index (χ2v) is 7.10. The molecule has 0 aliphatic carbocycles. The lowest BCUT2D eigenvalue weighted by molar-refractivity contribution is 0.0947. The first-order valence-electron chi connectivity index (χ1n) is 9.08. The van der Waals surface area contributed by atoms with Crippen LogP contribution in [0.4, 0.5) is 0 Å². The summed E-state index contributed by atoms with van der Waals surface area (Å²) in [6.45, 7) is 2.73. The van der Waals surface area contributed by atoms with Crippen molar-refractivity contribution in [3.63, 3.8) is 0 Å². The monoisotopic (exact) mass is 335 g/mol. The van der Waals surface area contributed by atoms with Crippen molar-refractivity contribution in [2.45, 2.75) is 24.9 Å². The molecule has 130 valence electrons. The molecule has 2 atom stereocenters. The zero-order chi connectivity index (χ0) is 17.2. The van der Waals surface area contributed by atoms with E-state index in [0.29, 0.717) is 12.5 Å². The highest BCUT2D eigenvalue weighted by Gasteiger charge is 2.25. The summed E-state index contributed by atoms with van der Waals surface area (Å²) in [5.74, 6) is 0.505. The lowest BCUT2D eigenvalue weighted by atomic mass is 9.94. The second-order valence-electron chi connectivity index (χ2n) is 7.10. The number of hydrogen-bond acceptors (Lipinski definition) is 3. The first-order chi connectivity index (χ1) is 12.2. The maximum atomic E-state index is 10.7. The largest absolute Gasteiger partial charge is 0.387 e. The van der Waals surface area contributed by atoms with E-state index in [4.69, 9.17) is 0 Å². The van der Waals surface area contributed by atoms with Gasteiger partial charge in [0.05, 0.1) is 6.10 Å². The third-order valence-electron chi connectivity index (χ3n) is 5.37. The Labute approximate surface area is 148 Å². The minimum absolute atomic E-state index is 0.449. The van der Waals surface area contributed by atoms with Crippen LogP contribution in [0.15, 0.2) is 54.7 Å². The summed E-state index contributed by atoms with van der Waals surface area (Å²) < 4.78 is 1.98. The number of fused-ring (bicyclic) bond motifs is 1. The number of piperidine rings is 1. The molecule has 0 saturated carbocycles. The summed E-state index contributed by atoms with van der Waals surface area (Å²) in [5, 5.41) is 17.4. The van der Waals surface area contributed by atoms with Crippen LogP contribution in [-0.2, 0) is 7.05 Å². The van der Waals surface area contributed by atoms with Gasteiger partial charge in [-0.25, -0.2) is 0 Å². The molecule has 4 nitrogen and oxygen atoms in total. The number of aliphatic hydroxyl groups is 1. The number of likely N-dealkylation sites (tertiary alicyclic amines) is 1. The minimum atomic E-state index is -0.449. The zero-order valence-corrected chi connectivity index (χ0v) is 14.7. The topological polar surface area (TPSA) is 41.3 Å². The highest BCUT2D eigenvalue weighted by Crippen LogP contribution is 2.28. The van der Waals surface area contributed by atoms with Crippen molar-refractivity contribution in [1.82, 2.24) is 14.7 Å². The number of β-amino-alcohol motifs (C(OH)–C–C–N with tert-alkyl or cyclic N) is 1. The maximum absolute atomic E-state index is 10.7. The number of benzene rings is 2. The SMILES string of the molecule is Cn1nccc1[C@@H]1CCCN(C[C@@H](O)c2ccc3ccccc3c2)C1. The van der Waals surface area contributed by atoms with Gasteiger partial charge in [0.2, 0.25) is 0 Å². The smallest absolute Gasteiger partial charge is 0.0917 e. The quantitative estimate of drug-likeness (QED) is 0.793. The van der Waals surface area contributed by atoms with Crippen molar-refractivity contribution < 1.29 is 5.11 Å². The van der Waals surface area contributed by atoms with Crippen LogP contribution in [0.1, 0.15) is 36.1 Å². The van der Waals surface area contributed by atoms with Gasteiger partial charge in [0.1, 0.15) is 0 Å². The summed E-state index contributed by atoms with van der Waals surface area (Å²) >= 11 is 0. The lowest BCUT2D eigenvalue weighted by Gasteiger charge is -2.34. The van der Waals surface area contributed by atoms with E-state index in [9.17, 15) is 5.11 Å². The Balaban J connectivity index is 1.46. The van der Waals surface area contributed by atoms with Crippen LogP contribution < -0.4 is 0 Å². The number of aryl methyl sites for hydroxylation is 1. The summed E-state index contributed by atoms with van der Waals surface area (Å²) in [5.41, 5.74) is 2.30. The Hall–Kier alpha value is -2.17. The summed E-state index contributed by atoms with van der Waals surface area (Å²) in [6, 6.07) is 16.7. The van der Waals surface area contributed by atoms with Gasteiger partial charge in [0.15, 0.2) is 0 Å². The highest BCUT2D eigenvalue weighted by atomic mass is 16.3. The van der Waals surface area contributed by atoms with E-state index in [1.165, 1.54) is 29.3 Å². The highest BCUT2D eigenvalue weighted by molar-refractivity contribution is 5.83. The normalized spacial score (nSPS) is 20.0. The van der Waals surface area contributed by atoms with Crippen LogP contribution >= 0.6 is 0 Å². The van der Waals surface area contributed by atoms with E-state index in [1.54, 1.807) is 0 Å². The molecule has 2 heterocycles. The Morgan fingerprint density at radius 2 is 2.00 bits per heavy atom. The van der Waals surface area contributed by atoms with Crippen LogP contribution in [0.25, 0.3) is 10.8 Å². The molecule has 0 amide bonds. The molecule has 1 fully saturated rings. The predicted octanol–water partition coefficient (Wildman–Crippen LogP) is 3.49. The number of hydrogen-bond donors (Lipinski definition) is 1. The Bertz CT molecular complexity index is 857. The summed E-state index contributed by atoms with van der Waals surface area (Å²) in [4.78, 5) is 2.39. The summed E-state index contributed by atoms with van der Waals surface area (Å²) in [6.07, 6.45) is 3.79. The molecule has 1 saturated heterocycles. The van der Waals surface area contributed by atoms with Crippen LogP contribution in [0.3, 0.4) is 0 Å². The minimum Gasteiger partial charge on any atom is -0.387 e. The molecule has 2 aromatic carbocycles. The Morgan fingerprint density at radius 1 is 1.16 bits per heavy atom. The van der Waals surface area contributed by atoms with Crippen LogP contribution in [-0.4, -0.2) is 39.4 Å². The third kappa shape index (κ3) is 3.46. The van der Waals surface area contributed by atoms with Gasteiger partial charge in [-0.2, -0.15) is 5.10 Å². The van der Waals surface area contributed by atoms with Gasteiger partial charge in [0.25, 0.3) is 0 Å². The molecule has 3 aromatic rings. The first kappa shape index (κ1) is 16.3. The fourth-order valence-corrected chi connectivity index (χ4v) is 4.01. The van der Waals surface area contributed by atoms with Crippen molar-refractivity contribution in [3.05, 3.63) is 66.0 Å². The summed E-state index contributed by atoms with van der Waals surface area (Å²) in [7, 11) is 2.01. The van der Waals surface area contributed by atoms with Gasteiger partial charge in [0, 0.05) is 37.9 Å². The van der Waals surface area contributed by atoms with Crippen LogP contribution in [0.5, 0.6) is 0 Å². The van der Waals surface area contributed by atoms with Gasteiger partial charge >= 0.3 is 0 Å². The molecule has 0 bridgehead atoms. The van der Waals surface area contributed by atoms with E-state index in [0.717, 1.165) is 18.7 Å². The molecule has 25 heavy (non-hydrogen) atoms. The molecular weight excluding hydrogens is 310 g/mol. The molecule has 1 N–H and O–H groups in total. The van der Waals surface area contributed by atoms with Crippen molar-refractivity contribution in [3.8, 4) is 0 Å². The fraction of sp³-hybridized carbons (Fsp3) is 0.381. The standard InChI is InChI=1S/C21H25N3O/c1-23-20(10-11-22-23)19-7-4-12-24(14-19)15-21(25)18-9-8-16-5-2-3-6-17(16)13-18/h2-3,5-6,8-11,13,19,21,25H,4,7,12,14-15H2,1H3/t19-,21-/m1/s1. The van der Waals surface area contributed by atoms with E-state index >= 15 is 0 Å². The zero-order valence-electron chi connectivity index (χ0n) is 14.7. The van der Waals surface area contributed by atoms with Crippen LogP contribution in [0, 0.1) is 0 Å². The molecule has 0 radical (unpaired) electrons. The van der Waals surface area contributed by atoms with Gasteiger partial charge in [-0.15, -0.1) is 0 Å². The van der Waals surface area contributed by atoms with E-state index in [1.807, 2.05) is 30.1 Å². The molecule has 1 aliphatic rings. The third-order valence-corrected chi connectivity index (χ3v) is 5.37. The number of aromatic nitrogens is 2. The molecule has 1 aliphatic heterocycles. The van der Waals surface area contributed by atoms with Gasteiger partial charge in [-0.05, 0) is 47.9 Å². The van der Waals surface area contributed by atoms with Crippen molar-refractivity contribution in [1.29, 1.82) is 0 Å². The van der Waals surface area contributed by atoms with E-state index in [2.05, 4.69) is 46.4 Å². The molecule has 0 unspecified atom stereocenters. The van der Waals surface area contributed by atoms with E-state index < -0.39 is 6.10 Å². The predicted molar refractivity (Wildman–Crippen MR) is 101 cm³/mol. The Morgan fingerprint density at radius 3 is 2.80 bits per heavy atom. The van der Waals surface area contributed by atoms with E-state index in [-0.39, 0.29) is 0 Å². The number of nitrogens with zero attached hydrogens (tertiary/aromatic N) is 3. The average Bonchev–Trinajstić information content (AvgIpc) is 3.07. The number of rotatable bonds is 4. The average molecular weight is 335 g/mol. The molecule has 1 aromatic heterocycles. The fourth-order valence-electron chi connectivity index (χ4n) is 4.01. The number of aliphatic hydroxyl groups excluding tert-OH is 1. The van der Waals surface area contributed by atoms with Crippen molar-refractivity contribution >= 4 is 10.8 Å². The first-order valence-corrected chi connectivity index (χ1v) is 9.08. The molecule has 4 heteroatoms. The molecule has 4 rings (SSSR count). The maximum Gasteiger partial charge on any atom is 0.0917 e. The molecular formula is C21H25N3O. The lowest BCUT2D eigenvalue weighted by Crippen LogP contribution is -2.37. The van der Waals surface area contributed by atoms with Gasteiger partial charge in [-0.3, -0.25) is 9.58 Å². The Kier molecular flexibility index (Phi) is 4.55. The van der Waals surface area contributed by atoms with Crippen molar-refractivity contribution in [2.24, 2.45) is 7.05 Å². The second kappa shape index (κ2) is 6.98. The van der Waals surface area contributed by atoms with Gasteiger partial charge < -0.3 is 5.11 Å².